The van der Waals surface area contributed by atoms with E-state index in [2.05, 4.69) is 32.4 Å². The second-order valence-electron chi connectivity index (χ2n) is 5.67. The molecule has 2 aromatic carbocycles. The predicted octanol–water partition coefficient (Wildman–Crippen LogP) is 3.45. The van der Waals surface area contributed by atoms with E-state index in [9.17, 15) is 4.79 Å². The van der Waals surface area contributed by atoms with Crippen LogP contribution in [-0.4, -0.2) is 15.7 Å². The van der Waals surface area contributed by atoms with Gasteiger partial charge in [-0.05, 0) is 11.1 Å². The van der Waals surface area contributed by atoms with Crippen LogP contribution < -0.4 is 10.9 Å². The maximum Gasteiger partial charge on any atom is 0.278 e. The molecule has 5 nitrogen and oxygen atoms in total. The van der Waals surface area contributed by atoms with Gasteiger partial charge in [-0.1, -0.05) is 60.7 Å². The number of nitrogens with zero attached hydrogens (tertiary/aromatic N) is 2. The SMILES string of the molecule is O=c1[nH]cnc2c1N=C(c1ccccc1)CC(c1ccccc1)N2. The van der Waals surface area contributed by atoms with Crippen LogP contribution in [0.5, 0.6) is 0 Å². The van der Waals surface area contributed by atoms with Crippen LogP contribution in [0.4, 0.5) is 11.5 Å². The number of anilines is 1. The number of hydrogen-bond acceptors (Lipinski definition) is 4. The quantitative estimate of drug-likeness (QED) is 0.761. The summed E-state index contributed by atoms with van der Waals surface area (Å²) in [5, 5.41) is 3.37. The minimum atomic E-state index is -0.241. The Morgan fingerprint density at radius 3 is 2.42 bits per heavy atom. The number of H-pyrrole nitrogens is 1. The Bertz CT molecular complexity index is 932. The molecular weight excluding hydrogens is 300 g/mol. The molecule has 0 fully saturated rings. The number of aliphatic imine (C=N–C) groups is 1. The molecule has 0 amide bonds. The monoisotopic (exact) mass is 316 g/mol. The van der Waals surface area contributed by atoms with Gasteiger partial charge in [0.2, 0.25) is 0 Å². The average molecular weight is 316 g/mol. The molecule has 3 aromatic rings. The summed E-state index contributed by atoms with van der Waals surface area (Å²) in [7, 11) is 0. The molecule has 0 aliphatic carbocycles. The number of benzene rings is 2. The van der Waals surface area contributed by atoms with Gasteiger partial charge in [-0.15, -0.1) is 0 Å². The van der Waals surface area contributed by atoms with Gasteiger partial charge in [-0.3, -0.25) is 4.79 Å². The van der Waals surface area contributed by atoms with Gasteiger partial charge in [0.1, 0.15) is 0 Å². The fourth-order valence-electron chi connectivity index (χ4n) is 2.89. The lowest BCUT2D eigenvalue weighted by atomic mass is 9.97. The molecule has 1 atom stereocenters. The topological polar surface area (TPSA) is 70.1 Å². The first-order chi connectivity index (χ1) is 11.8. The summed E-state index contributed by atoms with van der Waals surface area (Å²) in [6, 6.07) is 20.1. The zero-order valence-corrected chi connectivity index (χ0v) is 12.9. The molecular formula is C19H16N4O. The highest BCUT2D eigenvalue weighted by molar-refractivity contribution is 6.03. The largest absolute Gasteiger partial charge is 0.361 e. The zero-order valence-electron chi connectivity index (χ0n) is 12.9. The van der Waals surface area contributed by atoms with Crippen LogP contribution in [0.2, 0.25) is 0 Å². The summed E-state index contributed by atoms with van der Waals surface area (Å²) in [6.07, 6.45) is 2.07. The summed E-state index contributed by atoms with van der Waals surface area (Å²) in [5.41, 5.74) is 3.10. The molecule has 4 rings (SSSR count). The minimum absolute atomic E-state index is 0.000654. The lowest BCUT2D eigenvalue weighted by Gasteiger charge is -2.18. The normalized spacial score (nSPS) is 16.5. The molecule has 2 N–H and O–H groups in total. The number of nitrogens with one attached hydrogen (secondary N) is 2. The van der Waals surface area contributed by atoms with E-state index in [4.69, 9.17) is 0 Å². The van der Waals surface area contributed by atoms with Crippen molar-refractivity contribution in [2.45, 2.75) is 12.5 Å². The van der Waals surface area contributed by atoms with Crippen molar-refractivity contribution in [1.29, 1.82) is 0 Å². The van der Waals surface area contributed by atoms with Crippen molar-refractivity contribution in [3.05, 3.63) is 88.5 Å². The van der Waals surface area contributed by atoms with Gasteiger partial charge in [-0.25, -0.2) is 9.98 Å². The third-order valence-electron chi connectivity index (χ3n) is 4.09. The standard InChI is InChI=1S/C19H16N4O/c24-19-17-18(20-12-21-19)23-16(14-9-5-2-6-10-14)11-15(22-17)13-7-3-1-4-8-13/h1-10,12,16H,11H2,(H2,20,21,23,24). The fraction of sp³-hybridized carbons (Fsp3) is 0.105. The molecule has 2 heterocycles. The highest BCUT2D eigenvalue weighted by Gasteiger charge is 2.23. The van der Waals surface area contributed by atoms with Crippen molar-refractivity contribution < 1.29 is 0 Å². The molecule has 1 unspecified atom stereocenters. The predicted molar refractivity (Wildman–Crippen MR) is 94.9 cm³/mol. The van der Waals surface area contributed by atoms with Gasteiger partial charge in [0.15, 0.2) is 11.5 Å². The van der Waals surface area contributed by atoms with Gasteiger partial charge in [0, 0.05) is 6.42 Å². The summed E-state index contributed by atoms with van der Waals surface area (Å²) in [5.74, 6) is 0.513. The van der Waals surface area contributed by atoms with E-state index in [1.54, 1.807) is 0 Å². The minimum Gasteiger partial charge on any atom is -0.361 e. The van der Waals surface area contributed by atoms with Gasteiger partial charge in [0.05, 0.1) is 18.1 Å². The van der Waals surface area contributed by atoms with Crippen molar-refractivity contribution in [2.75, 3.05) is 5.32 Å². The van der Waals surface area contributed by atoms with E-state index in [0.29, 0.717) is 17.9 Å². The van der Waals surface area contributed by atoms with Crippen molar-refractivity contribution in [3.8, 4) is 0 Å². The molecule has 1 aliphatic rings. The molecule has 5 heteroatoms. The smallest absolute Gasteiger partial charge is 0.278 e. The van der Waals surface area contributed by atoms with Gasteiger partial charge < -0.3 is 10.3 Å². The van der Waals surface area contributed by atoms with Gasteiger partial charge >= 0.3 is 0 Å². The number of fused-ring (bicyclic) bond motifs is 1. The van der Waals surface area contributed by atoms with Crippen LogP contribution in [0.3, 0.4) is 0 Å². The first kappa shape index (κ1) is 14.4. The van der Waals surface area contributed by atoms with Gasteiger partial charge in [-0.2, -0.15) is 0 Å². The number of hydrogen-bond donors (Lipinski definition) is 2. The van der Waals surface area contributed by atoms with E-state index < -0.39 is 0 Å². The molecule has 1 aromatic heterocycles. The average Bonchev–Trinajstić information content (AvgIpc) is 2.84. The third kappa shape index (κ3) is 2.72. The Morgan fingerprint density at radius 2 is 1.67 bits per heavy atom. The fourth-order valence-corrected chi connectivity index (χ4v) is 2.89. The molecule has 0 radical (unpaired) electrons. The highest BCUT2D eigenvalue weighted by atomic mass is 16.1. The van der Waals surface area contributed by atoms with Crippen molar-refractivity contribution in [2.24, 2.45) is 4.99 Å². The summed E-state index contributed by atoms with van der Waals surface area (Å²) < 4.78 is 0. The lowest BCUT2D eigenvalue weighted by molar-refractivity contribution is 0.821. The Labute approximate surface area is 139 Å². The number of aromatic amines is 1. The Kier molecular flexibility index (Phi) is 3.67. The highest BCUT2D eigenvalue weighted by Crippen LogP contribution is 2.31. The Balaban J connectivity index is 1.86. The number of aromatic nitrogens is 2. The maximum absolute atomic E-state index is 12.2. The molecule has 0 saturated carbocycles. The molecule has 0 bridgehead atoms. The van der Waals surface area contributed by atoms with E-state index in [0.717, 1.165) is 16.8 Å². The molecule has 1 aliphatic heterocycles. The first-order valence-corrected chi connectivity index (χ1v) is 7.83. The molecule has 24 heavy (non-hydrogen) atoms. The van der Waals surface area contributed by atoms with E-state index in [-0.39, 0.29) is 11.6 Å². The van der Waals surface area contributed by atoms with Gasteiger partial charge in [0.25, 0.3) is 5.56 Å². The van der Waals surface area contributed by atoms with E-state index >= 15 is 0 Å². The molecule has 0 saturated heterocycles. The van der Waals surface area contributed by atoms with Crippen LogP contribution in [0.15, 0.2) is 76.8 Å². The molecule has 0 spiro atoms. The summed E-state index contributed by atoms with van der Waals surface area (Å²) >= 11 is 0. The zero-order chi connectivity index (χ0) is 16.4. The first-order valence-electron chi connectivity index (χ1n) is 7.83. The van der Waals surface area contributed by atoms with E-state index in [1.165, 1.54) is 6.33 Å². The maximum atomic E-state index is 12.2. The number of rotatable bonds is 2. The van der Waals surface area contributed by atoms with Crippen LogP contribution in [0, 0.1) is 0 Å². The Morgan fingerprint density at radius 1 is 0.958 bits per heavy atom. The molecule has 118 valence electrons. The van der Waals surface area contributed by atoms with Crippen molar-refractivity contribution in [3.63, 3.8) is 0 Å². The summed E-state index contributed by atoms with van der Waals surface area (Å²) in [4.78, 5) is 23.7. The Hall–Kier alpha value is -3.21. The second-order valence-corrected chi connectivity index (χ2v) is 5.67. The van der Waals surface area contributed by atoms with Crippen molar-refractivity contribution >= 4 is 17.2 Å². The lowest BCUT2D eigenvalue weighted by Crippen LogP contribution is -2.15. The van der Waals surface area contributed by atoms with Crippen LogP contribution in [0.25, 0.3) is 0 Å². The van der Waals surface area contributed by atoms with Crippen LogP contribution in [0.1, 0.15) is 23.6 Å². The van der Waals surface area contributed by atoms with Crippen LogP contribution >= 0.6 is 0 Å². The summed E-state index contributed by atoms with van der Waals surface area (Å²) in [6.45, 7) is 0. The third-order valence-corrected chi connectivity index (χ3v) is 4.09. The van der Waals surface area contributed by atoms with E-state index in [1.807, 2.05) is 48.5 Å². The second kappa shape index (κ2) is 6.12. The van der Waals surface area contributed by atoms with Crippen molar-refractivity contribution in [1.82, 2.24) is 9.97 Å². The van der Waals surface area contributed by atoms with Crippen LogP contribution in [-0.2, 0) is 0 Å².